The summed E-state index contributed by atoms with van der Waals surface area (Å²) in [6.45, 7) is 6.28. The number of hydrogen-bond donors (Lipinski definition) is 0. The Morgan fingerprint density at radius 3 is 2.12 bits per heavy atom. The van der Waals surface area contributed by atoms with Crippen molar-refractivity contribution in [3.8, 4) is 6.07 Å². The molecule has 0 aliphatic rings. The van der Waals surface area contributed by atoms with Crippen LogP contribution in [0.25, 0.3) is 0 Å². The van der Waals surface area contributed by atoms with Gasteiger partial charge in [-0.1, -0.05) is 44.2 Å². The highest BCUT2D eigenvalue weighted by atomic mass is 15.1. The molecule has 1 unspecified atom stereocenters. The quantitative estimate of drug-likeness (QED) is 0.729. The molecule has 0 aromatic heterocycles. The van der Waals surface area contributed by atoms with Crippen LogP contribution in [0, 0.1) is 11.3 Å². The van der Waals surface area contributed by atoms with Gasteiger partial charge in [-0.25, -0.2) is 0 Å². The zero-order valence-corrected chi connectivity index (χ0v) is 10.2. The summed E-state index contributed by atoms with van der Waals surface area (Å²) in [6, 6.07) is 12.4. The molecule has 0 aliphatic heterocycles. The van der Waals surface area contributed by atoms with Crippen molar-refractivity contribution in [2.45, 2.75) is 32.7 Å². The number of benzene rings is 1. The van der Waals surface area contributed by atoms with Crippen molar-refractivity contribution in [1.82, 2.24) is 4.90 Å². The van der Waals surface area contributed by atoms with E-state index in [0.717, 1.165) is 31.5 Å². The zero-order valence-electron chi connectivity index (χ0n) is 10.2. The smallest absolute Gasteiger partial charge is 0.123 e. The predicted molar refractivity (Wildman–Crippen MR) is 67.0 cm³/mol. The molecule has 0 amide bonds. The lowest BCUT2D eigenvalue weighted by Gasteiger charge is -2.26. The zero-order chi connectivity index (χ0) is 11.8. The van der Waals surface area contributed by atoms with Gasteiger partial charge < -0.3 is 0 Å². The third kappa shape index (κ3) is 3.36. The number of nitrogens with zero attached hydrogens (tertiary/aromatic N) is 2. The van der Waals surface area contributed by atoms with Crippen molar-refractivity contribution < 1.29 is 0 Å². The Kier molecular flexibility index (Phi) is 5.60. The van der Waals surface area contributed by atoms with Crippen LogP contribution in [0.4, 0.5) is 0 Å². The molecule has 1 aromatic carbocycles. The van der Waals surface area contributed by atoms with Crippen LogP contribution in [0.2, 0.25) is 0 Å². The third-order valence-electron chi connectivity index (χ3n) is 2.62. The van der Waals surface area contributed by atoms with Gasteiger partial charge in [-0.2, -0.15) is 5.26 Å². The van der Waals surface area contributed by atoms with Crippen molar-refractivity contribution in [2.75, 3.05) is 13.1 Å². The highest BCUT2D eigenvalue weighted by Crippen LogP contribution is 2.20. The molecule has 16 heavy (non-hydrogen) atoms. The minimum atomic E-state index is -0.0962. The summed E-state index contributed by atoms with van der Waals surface area (Å²) in [6.07, 6.45) is 2.18. The van der Waals surface area contributed by atoms with Crippen molar-refractivity contribution in [2.24, 2.45) is 0 Å². The van der Waals surface area contributed by atoms with Crippen LogP contribution in [0.15, 0.2) is 30.3 Å². The second kappa shape index (κ2) is 7.03. The molecule has 0 N–H and O–H groups in total. The monoisotopic (exact) mass is 216 g/mol. The second-order valence-electron chi connectivity index (χ2n) is 3.98. The molecule has 0 bridgehead atoms. The van der Waals surface area contributed by atoms with Crippen molar-refractivity contribution in [1.29, 1.82) is 5.26 Å². The van der Waals surface area contributed by atoms with Crippen molar-refractivity contribution >= 4 is 0 Å². The normalized spacial score (nSPS) is 12.4. The summed E-state index contributed by atoms with van der Waals surface area (Å²) >= 11 is 0. The first-order valence-corrected chi connectivity index (χ1v) is 6.02. The molecule has 0 saturated carbocycles. The molecular weight excluding hydrogens is 196 g/mol. The molecule has 0 heterocycles. The number of nitriles is 1. The molecule has 2 heteroatoms. The van der Waals surface area contributed by atoms with Crippen LogP contribution < -0.4 is 0 Å². The molecule has 1 aromatic rings. The fourth-order valence-electron chi connectivity index (χ4n) is 1.95. The van der Waals surface area contributed by atoms with E-state index >= 15 is 0 Å². The highest BCUT2D eigenvalue weighted by Gasteiger charge is 2.17. The Labute approximate surface area is 98.5 Å². The average Bonchev–Trinajstić information content (AvgIpc) is 2.32. The third-order valence-corrected chi connectivity index (χ3v) is 2.62. The predicted octanol–water partition coefficient (Wildman–Crippen LogP) is 3.37. The Morgan fingerprint density at radius 2 is 1.69 bits per heavy atom. The first-order valence-electron chi connectivity index (χ1n) is 6.02. The van der Waals surface area contributed by atoms with Gasteiger partial charge in [0.05, 0.1) is 6.07 Å². The minimum absolute atomic E-state index is 0.0962. The molecule has 2 nitrogen and oxygen atoms in total. The van der Waals surface area contributed by atoms with Gasteiger partial charge in [-0.3, -0.25) is 4.90 Å². The van der Waals surface area contributed by atoms with Crippen molar-refractivity contribution in [3.63, 3.8) is 0 Å². The first kappa shape index (κ1) is 12.7. The Hall–Kier alpha value is -1.33. The molecule has 0 fully saturated rings. The molecule has 86 valence electrons. The van der Waals surface area contributed by atoms with Crippen LogP contribution in [-0.4, -0.2) is 18.0 Å². The topological polar surface area (TPSA) is 27.0 Å². The molecule has 1 atom stereocenters. The van der Waals surface area contributed by atoms with Crippen LogP contribution in [0.5, 0.6) is 0 Å². The SMILES string of the molecule is CCCN(CCC)C(C#N)c1ccccc1. The van der Waals surface area contributed by atoms with Crippen LogP contribution in [0.3, 0.4) is 0 Å². The Morgan fingerprint density at radius 1 is 1.12 bits per heavy atom. The lowest BCUT2D eigenvalue weighted by Crippen LogP contribution is -2.29. The summed E-state index contributed by atoms with van der Waals surface area (Å²) in [7, 11) is 0. The maximum Gasteiger partial charge on any atom is 0.123 e. The largest absolute Gasteiger partial charge is 0.284 e. The van der Waals surface area contributed by atoms with Gasteiger partial charge >= 0.3 is 0 Å². The van der Waals surface area contributed by atoms with Gasteiger partial charge in [0.2, 0.25) is 0 Å². The van der Waals surface area contributed by atoms with E-state index in [0.29, 0.717) is 0 Å². The van der Waals surface area contributed by atoms with E-state index in [1.807, 2.05) is 30.3 Å². The van der Waals surface area contributed by atoms with Gasteiger partial charge in [0, 0.05) is 0 Å². The standard InChI is InChI=1S/C14H20N2/c1-3-10-16(11-4-2)14(12-15)13-8-6-5-7-9-13/h5-9,14H,3-4,10-11H2,1-2H3. The van der Waals surface area contributed by atoms with E-state index in [9.17, 15) is 5.26 Å². The average molecular weight is 216 g/mol. The van der Waals surface area contributed by atoms with Gasteiger partial charge in [0.15, 0.2) is 0 Å². The summed E-state index contributed by atoms with van der Waals surface area (Å²) in [5, 5.41) is 9.31. The summed E-state index contributed by atoms with van der Waals surface area (Å²) in [4.78, 5) is 2.26. The first-order chi connectivity index (χ1) is 7.83. The lowest BCUT2D eigenvalue weighted by molar-refractivity contribution is 0.236. The number of rotatable bonds is 6. The minimum Gasteiger partial charge on any atom is -0.284 e. The van der Waals surface area contributed by atoms with Crippen molar-refractivity contribution in [3.05, 3.63) is 35.9 Å². The summed E-state index contributed by atoms with van der Waals surface area (Å²) < 4.78 is 0. The Balaban J connectivity index is 2.83. The molecule has 0 saturated heterocycles. The Bertz CT molecular complexity index is 320. The molecule has 0 radical (unpaired) electrons. The molecule has 1 rings (SSSR count). The van der Waals surface area contributed by atoms with E-state index in [4.69, 9.17) is 0 Å². The molecule has 0 aliphatic carbocycles. The molecular formula is C14H20N2. The summed E-state index contributed by atoms with van der Waals surface area (Å²) in [5.74, 6) is 0. The van der Waals surface area contributed by atoms with Gasteiger partial charge in [0.25, 0.3) is 0 Å². The maximum atomic E-state index is 9.31. The molecule has 0 spiro atoms. The van der Waals surface area contributed by atoms with Gasteiger partial charge in [-0.05, 0) is 31.5 Å². The summed E-state index contributed by atoms with van der Waals surface area (Å²) in [5.41, 5.74) is 1.10. The highest BCUT2D eigenvalue weighted by molar-refractivity contribution is 5.23. The van der Waals surface area contributed by atoms with E-state index < -0.39 is 0 Å². The maximum absolute atomic E-state index is 9.31. The number of hydrogen-bond acceptors (Lipinski definition) is 2. The van der Waals surface area contributed by atoms with Crippen LogP contribution in [0.1, 0.15) is 38.3 Å². The van der Waals surface area contributed by atoms with E-state index in [1.165, 1.54) is 0 Å². The van der Waals surface area contributed by atoms with E-state index in [2.05, 4.69) is 24.8 Å². The van der Waals surface area contributed by atoms with Crippen LogP contribution in [-0.2, 0) is 0 Å². The van der Waals surface area contributed by atoms with Crippen LogP contribution >= 0.6 is 0 Å². The fourth-order valence-corrected chi connectivity index (χ4v) is 1.95. The second-order valence-corrected chi connectivity index (χ2v) is 3.98. The van der Waals surface area contributed by atoms with Gasteiger partial charge in [0.1, 0.15) is 6.04 Å². The van der Waals surface area contributed by atoms with E-state index in [-0.39, 0.29) is 6.04 Å². The lowest BCUT2D eigenvalue weighted by atomic mass is 10.1. The van der Waals surface area contributed by atoms with E-state index in [1.54, 1.807) is 0 Å². The van der Waals surface area contributed by atoms with Gasteiger partial charge in [-0.15, -0.1) is 0 Å². The fraction of sp³-hybridized carbons (Fsp3) is 0.500.